The van der Waals surface area contributed by atoms with Gasteiger partial charge in [0.25, 0.3) is 0 Å². The summed E-state index contributed by atoms with van der Waals surface area (Å²) < 4.78 is 8.38. The zero-order chi connectivity index (χ0) is 19.4. The highest BCUT2D eigenvalue weighted by atomic mass is 32.1. The van der Waals surface area contributed by atoms with Gasteiger partial charge in [-0.05, 0) is 57.9 Å². The molecule has 0 aliphatic heterocycles. The molecule has 0 N–H and O–H groups in total. The normalized spacial score (nSPS) is 12.7. The number of hydrogen-bond donors (Lipinski definition) is 0. The summed E-state index contributed by atoms with van der Waals surface area (Å²) in [4.78, 5) is 0. The van der Waals surface area contributed by atoms with Crippen LogP contribution in [0.1, 0.15) is 0 Å². The van der Waals surface area contributed by atoms with E-state index < -0.39 is 0 Å². The van der Waals surface area contributed by atoms with E-state index in [-0.39, 0.29) is 0 Å². The molecule has 0 atom stereocenters. The minimum absolute atomic E-state index is 1.35. The van der Waals surface area contributed by atoms with Gasteiger partial charge in [0.2, 0.25) is 0 Å². The molecule has 0 fully saturated rings. The summed E-state index contributed by atoms with van der Waals surface area (Å²) in [5, 5.41) is 15.4. The Morgan fingerprint density at radius 2 is 0.833 bits per heavy atom. The van der Waals surface area contributed by atoms with Crippen molar-refractivity contribution in [2.75, 3.05) is 0 Å². The first-order chi connectivity index (χ1) is 14.8. The molecule has 0 spiro atoms. The third-order valence-electron chi connectivity index (χ3n) is 6.22. The summed E-state index contributed by atoms with van der Waals surface area (Å²) in [6.07, 6.45) is 0. The van der Waals surface area contributed by atoms with Crippen LogP contribution in [-0.4, -0.2) is 0 Å². The third kappa shape index (κ3) is 2.00. The van der Waals surface area contributed by atoms with Crippen LogP contribution in [0.2, 0.25) is 0 Å². The maximum atomic E-state index is 2.37. The van der Waals surface area contributed by atoms with Gasteiger partial charge in [0.15, 0.2) is 0 Å². The molecule has 0 aliphatic rings. The lowest BCUT2D eigenvalue weighted by Gasteiger charge is -2.02. The van der Waals surface area contributed by atoms with Crippen molar-refractivity contribution in [3.8, 4) is 0 Å². The first-order valence-electron chi connectivity index (χ1n) is 9.82. The van der Waals surface area contributed by atoms with Gasteiger partial charge in [-0.15, -0.1) is 45.3 Å². The summed E-state index contributed by atoms with van der Waals surface area (Å²) >= 11 is 7.54. The summed E-state index contributed by atoms with van der Waals surface area (Å²) in [6.45, 7) is 0. The molecule has 4 heterocycles. The van der Waals surface area contributed by atoms with Crippen molar-refractivity contribution in [2.24, 2.45) is 0 Å². The molecule has 140 valence electrons. The highest BCUT2D eigenvalue weighted by Gasteiger charge is 2.14. The van der Waals surface area contributed by atoms with E-state index in [2.05, 4.69) is 71.4 Å². The molecule has 0 saturated heterocycles. The van der Waals surface area contributed by atoms with Crippen molar-refractivity contribution in [3.63, 3.8) is 0 Å². The van der Waals surface area contributed by atoms with Crippen LogP contribution in [-0.2, 0) is 0 Å². The van der Waals surface area contributed by atoms with E-state index in [4.69, 9.17) is 0 Å². The Hall–Kier alpha value is -2.50. The average Bonchev–Trinajstić information content (AvgIpc) is 3.53. The van der Waals surface area contributed by atoms with Crippen LogP contribution >= 0.6 is 45.3 Å². The molecule has 0 aliphatic carbocycles. The SMILES string of the molecule is c1cc2cc3c(cc2s1)sc1c3ccc2c1ccc1c3cc4ccsc4cc3sc12. The van der Waals surface area contributed by atoms with Gasteiger partial charge < -0.3 is 0 Å². The molecule has 4 aromatic carbocycles. The van der Waals surface area contributed by atoms with Crippen LogP contribution in [0, 0.1) is 0 Å². The van der Waals surface area contributed by atoms with Crippen molar-refractivity contribution in [1.29, 1.82) is 0 Å². The fraction of sp³-hybridized carbons (Fsp3) is 0. The Morgan fingerprint density at radius 3 is 1.30 bits per heavy atom. The van der Waals surface area contributed by atoms with Gasteiger partial charge in [0, 0.05) is 60.5 Å². The minimum Gasteiger partial charge on any atom is -0.144 e. The Bertz CT molecular complexity index is 1810. The monoisotopic (exact) mass is 452 g/mol. The van der Waals surface area contributed by atoms with E-state index >= 15 is 0 Å². The van der Waals surface area contributed by atoms with Crippen LogP contribution in [0.3, 0.4) is 0 Å². The fourth-order valence-electron chi connectivity index (χ4n) is 4.79. The fourth-order valence-corrected chi connectivity index (χ4v) is 9.06. The first kappa shape index (κ1) is 16.2. The summed E-state index contributed by atoms with van der Waals surface area (Å²) in [5.74, 6) is 0. The molecule has 8 aromatic rings. The van der Waals surface area contributed by atoms with E-state index in [1.54, 1.807) is 0 Å². The van der Waals surface area contributed by atoms with E-state index in [1.165, 1.54) is 71.3 Å². The molecule has 4 heteroatoms. The maximum absolute atomic E-state index is 2.37. The van der Waals surface area contributed by atoms with Crippen molar-refractivity contribution in [2.45, 2.75) is 0 Å². The van der Waals surface area contributed by atoms with Crippen LogP contribution in [0.4, 0.5) is 0 Å². The summed E-state index contributed by atoms with van der Waals surface area (Å²) in [5.41, 5.74) is 0. The molecule has 0 bridgehead atoms. The van der Waals surface area contributed by atoms with Gasteiger partial charge in [0.1, 0.15) is 0 Å². The van der Waals surface area contributed by atoms with Crippen LogP contribution in [0.15, 0.2) is 71.4 Å². The van der Waals surface area contributed by atoms with Crippen molar-refractivity contribution >= 4 is 117 Å². The average molecular weight is 453 g/mol. The van der Waals surface area contributed by atoms with Crippen molar-refractivity contribution in [3.05, 3.63) is 71.4 Å². The van der Waals surface area contributed by atoms with E-state index in [9.17, 15) is 0 Å². The first-order valence-corrected chi connectivity index (χ1v) is 13.2. The largest absolute Gasteiger partial charge is 0.144 e. The van der Waals surface area contributed by atoms with Gasteiger partial charge in [-0.1, -0.05) is 24.3 Å². The predicted octanol–water partition coefficient (Wildman–Crippen LogP) is 10.0. The third-order valence-corrected chi connectivity index (χ3v) is 10.4. The second-order valence-corrected chi connectivity index (χ2v) is 11.8. The lowest BCUT2D eigenvalue weighted by Crippen LogP contribution is -1.74. The molecule has 0 unspecified atom stereocenters. The number of benzene rings is 4. The van der Waals surface area contributed by atoms with Crippen molar-refractivity contribution in [1.82, 2.24) is 0 Å². The topological polar surface area (TPSA) is 0 Å². The molecule has 30 heavy (non-hydrogen) atoms. The second kappa shape index (κ2) is 5.59. The Balaban J connectivity index is 1.53. The van der Waals surface area contributed by atoms with Crippen molar-refractivity contribution < 1.29 is 0 Å². The van der Waals surface area contributed by atoms with Gasteiger partial charge in [-0.2, -0.15) is 0 Å². The van der Waals surface area contributed by atoms with Crippen LogP contribution in [0.25, 0.3) is 71.3 Å². The van der Waals surface area contributed by atoms with Gasteiger partial charge in [-0.25, -0.2) is 0 Å². The molecule has 0 radical (unpaired) electrons. The Labute approximate surface area is 187 Å². The van der Waals surface area contributed by atoms with Crippen LogP contribution < -0.4 is 0 Å². The quantitative estimate of drug-likeness (QED) is 0.215. The number of hydrogen-bond acceptors (Lipinski definition) is 4. The summed E-state index contributed by atoms with van der Waals surface area (Å²) in [7, 11) is 0. The highest BCUT2D eigenvalue weighted by molar-refractivity contribution is 7.28. The predicted molar refractivity (Wildman–Crippen MR) is 140 cm³/mol. The second-order valence-electron chi connectivity index (χ2n) is 7.80. The molecular weight excluding hydrogens is 441 g/mol. The smallest absolute Gasteiger partial charge is 0.0434 e. The Morgan fingerprint density at radius 1 is 0.400 bits per heavy atom. The van der Waals surface area contributed by atoms with E-state index in [0.29, 0.717) is 0 Å². The number of fused-ring (bicyclic) bond motifs is 11. The minimum atomic E-state index is 1.35. The lowest BCUT2D eigenvalue weighted by molar-refractivity contribution is 1.95. The van der Waals surface area contributed by atoms with Gasteiger partial charge >= 0.3 is 0 Å². The van der Waals surface area contributed by atoms with Crippen LogP contribution in [0.5, 0.6) is 0 Å². The molecule has 4 aromatic heterocycles. The van der Waals surface area contributed by atoms with Gasteiger partial charge in [0.05, 0.1) is 0 Å². The molecule has 0 nitrogen and oxygen atoms in total. The highest BCUT2D eigenvalue weighted by Crippen LogP contribution is 2.45. The van der Waals surface area contributed by atoms with Gasteiger partial charge in [-0.3, -0.25) is 0 Å². The zero-order valence-electron chi connectivity index (χ0n) is 15.6. The zero-order valence-corrected chi connectivity index (χ0v) is 18.8. The molecule has 0 saturated carbocycles. The molecule has 8 rings (SSSR count). The van der Waals surface area contributed by atoms with E-state index in [0.717, 1.165) is 0 Å². The molecular formula is C26H12S4. The number of rotatable bonds is 0. The Kier molecular flexibility index (Phi) is 3.03. The standard InChI is InChI=1S/C26H12S4/c1-3-17-19-9-13-5-7-27-21(13)11-23(19)30-26(17)16-2-4-18-20-10-14-6-8-28-22(14)12-24(20)29-25(18)15(1)16/h1-12H. The lowest BCUT2D eigenvalue weighted by atomic mass is 10.0. The van der Waals surface area contributed by atoms with E-state index in [1.807, 2.05) is 45.3 Å². The number of thiophene rings is 4. The molecule has 0 amide bonds. The maximum Gasteiger partial charge on any atom is 0.0434 e. The summed E-state index contributed by atoms with van der Waals surface area (Å²) in [6, 6.07) is 23.3.